The Hall–Kier alpha value is -2.39. The number of hydrogen-bond acceptors (Lipinski definition) is 6. The van der Waals surface area contributed by atoms with Crippen molar-refractivity contribution in [1.29, 1.82) is 0 Å². The summed E-state index contributed by atoms with van der Waals surface area (Å²) in [5.41, 5.74) is 6.51. The third kappa shape index (κ3) is 7.56. The lowest BCUT2D eigenvalue weighted by atomic mass is 9.92. The number of carbonyl (C=O) groups excluding carboxylic acids is 4. The van der Waals surface area contributed by atoms with Crippen LogP contribution >= 0.6 is 11.8 Å². The molecule has 8 nitrogen and oxygen atoms in total. The monoisotopic (exact) mass is 487 g/mol. The Morgan fingerprint density at radius 1 is 1.15 bits per heavy atom. The van der Waals surface area contributed by atoms with E-state index in [0.29, 0.717) is 43.9 Å². The molecule has 0 saturated carbocycles. The van der Waals surface area contributed by atoms with E-state index in [4.69, 9.17) is 5.73 Å². The lowest BCUT2D eigenvalue weighted by Crippen LogP contribution is -2.43. The van der Waals surface area contributed by atoms with Crippen molar-refractivity contribution in [3.05, 3.63) is 35.9 Å². The molecule has 5 atom stereocenters. The Morgan fingerprint density at radius 2 is 1.94 bits per heavy atom. The fraction of sp³-hybridized carbons (Fsp3) is 0.600. The third-order valence-corrected chi connectivity index (χ3v) is 8.00. The zero-order chi connectivity index (χ0) is 24.3. The van der Waals surface area contributed by atoms with E-state index in [2.05, 4.69) is 16.0 Å². The predicted molar refractivity (Wildman–Crippen MR) is 133 cm³/mol. The first-order valence-corrected chi connectivity index (χ1v) is 13.2. The zero-order valence-electron chi connectivity index (χ0n) is 19.5. The summed E-state index contributed by atoms with van der Waals surface area (Å²) in [7, 11) is 0. The van der Waals surface area contributed by atoms with Crippen molar-refractivity contribution in [3.63, 3.8) is 0 Å². The molecule has 0 aliphatic carbocycles. The fourth-order valence-corrected chi connectivity index (χ4v) is 6.18. The largest absolute Gasteiger partial charge is 0.345 e. The van der Waals surface area contributed by atoms with Gasteiger partial charge in [-0.3, -0.25) is 14.4 Å². The maximum atomic E-state index is 13.0. The number of ketones is 1. The van der Waals surface area contributed by atoms with E-state index in [1.54, 1.807) is 0 Å². The molecule has 0 bridgehead atoms. The average molecular weight is 488 g/mol. The maximum absolute atomic E-state index is 13.0. The fourth-order valence-electron chi connectivity index (χ4n) is 4.64. The minimum atomic E-state index is -0.790. The molecule has 34 heavy (non-hydrogen) atoms. The van der Waals surface area contributed by atoms with Crippen LogP contribution < -0.4 is 21.7 Å². The van der Waals surface area contributed by atoms with Crippen LogP contribution in [0.25, 0.3) is 0 Å². The van der Waals surface area contributed by atoms with Crippen molar-refractivity contribution in [1.82, 2.24) is 16.0 Å². The first-order chi connectivity index (χ1) is 16.5. The highest BCUT2D eigenvalue weighted by atomic mass is 32.2. The molecule has 1 unspecified atom stereocenters. The van der Waals surface area contributed by atoms with E-state index < -0.39 is 17.9 Å². The van der Waals surface area contributed by atoms with Crippen LogP contribution in [0.4, 0.5) is 4.79 Å². The molecule has 2 aliphatic rings. The summed E-state index contributed by atoms with van der Waals surface area (Å²) in [6, 6.07) is 8.87. The number of nitrogens with two attached hydrogens (primary N) is 1. The van der Waals surface area contributed by atoms with Gasteiger partial charge in [-0.05, 0) is 37.8 Å². The van der Waals surface area contributed by atoms with Gasteiger partial charge in [-0.1, -0.05) is 43.2 Å². The summed E-state index contributed by atoms with van der Waals surface area (Å²) in [4.78, 5) is 48.9. The van der Waals surface area contributed by atoms with Crippen LogP contribution in [-0.4, -0.2) is 59.7 Å². The predicted octanol–water partition coefficient (Wildman–Crippen LogP) is 1.86. The van der Waals surface area contributed by atoms with Crippen molar-refractivity contribution in [3.8, 4) is 0 Å². The maximum Gasteiger partial charge on any atom is 0.315 e. The number of fused-ring (bicyclic) bond motifs is 1. The second-order valence-electron chi connectivity index (χ2n) is 9.04. The Morgan fingerprint density at radius 3 is 2.68 bits per heavy atom. The van der Waals surface area contributed by atoms with Crippen molar-refractivity contribution >= 4 is 35.8 Å². The van der Waals surface area contributed by atoms with Gasteiger partial charge >= 0.3 is 6.03 Å². The van der Waals surface area contributed by atoms with E-state index in [1.165, 1.54) is 0 Å². The molecule has 185 valence electrons. The normalized spacial score (nSPS) is 22.9. The van der Waals surface area contributed by atoms with Gasteiger partial charge in [0.2, 0.25) is 12.2 Å². The number of urea groups is 1. The Bertz CT molecular complexity index is 837. The number of hydrogen-bond donors (Lipinski definition) is 4. The number of nitrogens with one attached hydrogen (secondary N) is 3. The van der Waals surface area contributed by atoms with Crippen LogP contribution in [0.1, 0.15) is 50.5 Å². The van der Waals surface area contributed by atoms with Crippen LogP contribution in [0, 0.1) is 5.92 Å². The molecule has 3 rings (SSSR count). The Balaban J connectivity index is 1.47. The highest BCUT2D eigenvalue weighted by Gasteiger charge is 2.42. The van der Waals surface area contributed by atoms with Gasteiger partial charge in [0.05, 0.1) is 24.0 Å². The van der Waals surface area contributed by atoms with Gasteiger partial charge in [-0.2, -0.15) is 11.8 Å². The molecule has 2 heterocycles. The van der Waals surface area contributed by atoms with E-state index in [9.17, 15) is 19.2 Å². The summed E-state index contributed by atoms with van der Waals surface area (Å²) in [5.74, 6) is -0.359. The molecular formula is C25H35N4O4S. The van der Waals surface area contributed by atoms with E-state index >= 15 is 0 Å². The average Bonchev–Trinajstić information content (AvgIpc) is 3.38. The van der Waals surface area contributed by atoms with Crippen LogP contribution in [0.3, 0.4) is 0 Å². The summed E-state index contributed by atoms with van der Waals surface area (Å²) < 4.78 is 0. The molecule has 3 amide bonds. The molecule has 1 radical (unpaired) electrons. The zero-order valence-corrected chi connectivity index (χ0v) is 20.3. The SMILES string of the molecule is NCCCCC(C(=O)CCCC[C@@H]1SC[C@@H]2NC(=O)N[C@@H]21)C(=O)N[C@H]([C]=O)Cc1ccccc1. The van der Waals surface area contributed by atoms with Gasteiger partial charge in [0.15, 0.2) is 0 Å². The van der Waals surface area contributed by atoms with Crippen LogP contribution in [0.2, 0.25) is 0 Å². The van der Waals surface area contributed by atoms with Crippen molar-refractivity contribution < 1.29 is 19.2 Å². The topological polar surface area (TPSA) is 130 Å². The molecule has 2 aliphatic heterocycles. The van der Waals surface area contributed by atoms with Gasteiger partial charge in [0, 0.05) is 23.8 Å². The number of thioether (sulfide) groups is 1. The van der Waals surface area contributed by atoms with Gasteiger partial charge < -0.3 is 21.7 Å². The first-order valence-electron chi connectivity index (χ1n) is 12.1. The summed E-state index contributed by atoms with van der Waals surface area (Å²) in [6.45, 7) is 0.508. The molecule has 2 saturated heterocycles. The van der Waals surface area contributed by atoms with Crippen molar-refractivity contribution in [2.75, 3.05) is 12.3 Å². The second-order valence-corrected chi connectivity index (χ2v) is 10.3. The first kappa shape index (κ1) is 26.2. The quantitative estimate of drug-likeness (QED) is 0.170. The number of unbranched alkanes of at least 4 members (excludes halogenated alkanes) is 2. The number of amides is 3. The summed E-state index contributed by atoms with van der Waals surface area (Å²) in [6.07, 6.45) is 6.89. The Labute approximate surface area is 205 Å². The molecule has 1 aromatic rings. The highest BCUT2D eigenvalue weighted by molar-refractivity contribution is 8.00. The van der Waals surface area contributed by atoms with E-state index in [-0.39, 0.29) is 23.9 Å². The van der Waals surface area contributed by atoms with Gasteiger partial charge in [0.1, 0.15) is 5.78 Å². The number of carbonyl (C=O) groups is 3. The van der Waals surface area contributed by atoms with Crippen LogP contribution in [0.5, 0.6) is 0 Å². The number of Topliss-reactive ketones (excluding diaryl/α,β-unsaturated/α-hetero) is 1. The lowest BCUT2D eigenvalue weighted by molar-refractivity contribution is -0.134. The molecule has 1 aromatic carbocycles. The smallest absolute Gasteiger partial charge is 0.315 e. The lowest BCUT2D eigenvalue weighted by Gasteiger charge is -2.19. The second kappa shape index (κ2) is 13.5. The standard InChI is InChI=1S/C25H35N4O4S/c26-13-7-6-10-19(24(32)27-18(15-30)14-17-8-2-1-3-9-17)21(31)11-4-5-12-22-23-20(16-34-22)28-25(33)29-23/h1-3,8-9,18-20,22-23H,4-7,10-14,16,26H2,(H,27,32)(H2,28,29,33)/t18-,19?,20-,22-,23-/m0/s1. The summed E-state index contributed by atoms with van der Waals surface area (Å²) in [5, 5.41) is 9.00. The van der Waals surface area contributed by atoms with Gasteiger partial charge in [-0.25, -0.2) is 4.79 Å². The van der Waals surface area contributed by atoms with E-state index in [1.807, 2.05) is 48.4 Å². The third-order valence-electron chi connectivity index (χ3n) is 6.49. The van der Waals surface area contributed by atoms with Gasteiger partial charge in [0.25, 0.3) is 0 Å². The minimum absolute atomic E-state index is 0.0910. The molecular weight excluding hydrogens is 452 g/mol. The highest BCUT2D eigenvalue weighted by Crippen LogP contribution is 2.33. The van der Waals surface area contributed by atoms with Crippen molar-refractivity contribution in [2.45, 2.75) is 74.7 Å². The molecule has 9 heteroatoms. The Kier molecular flexibility index (Phi) is 10.4. The molecule has 0 spiro atoms. The minimum Gasteiger partial charge on any atom is -0.345 e. The molecule has 2 fully saturated rings. The summed E-state index contributed by atoms with van der Waals surface area (Å²) >= 11 is 1.86. The number of rotatable bonds is 15. The van der Waals surface area contributed by atoms with Gasteiger partial charge in [-0.15, -0.1) is 0 Å². The molecule has 0 aromatic heterocycles. The van der Waals surface area contributed by atoms with Crippen molar-refractivity contribution in [2.24, 2.45) is 11.7 Å². The van der Waals surface area contributed by atoms with Crippen LogP contribution in [-0.2, 0) is 20.8 Å². The number of benzene rings is 1. The molecule has 5 N–H and O–H groups in total. The van der Waals surface area contributed by atoms with E-state index in [0.717, 1.165) is 30.6 Å². The van der Waals surface area contributed by atoms with Crippen LogP contribution in [0.15, 0.2) is 30.3 Å².